The molecule has 0 aliphatic heterocycles. The van der Waals surface area contributed by atoms with Crippen LogP contribution in [-0.2, 0) is 0 Å². The zero-order chi connectivity index (χ0) is 16.2. The molecule has 4 heteroatoms. The Kier molecular flexibility index (Phi) is 4.28. The van der Waals surface area contributed by atoms with Gasteiger partial charge in [0.15, 0.2) is 5.65 Å². The monoisotopic (exact) mass is 319 g/mol. The van der Waals surface area contributed by atoms with Crippen molar-refractivity contribution in [1.82, 2.24) is 14.6 Å². The highest BCUT2D eigenvalue weighted by Gasteiger charge is 2.16. The molecule has 0 spiro atoms. The summed E-state index contributed by atoms with van der Waals surface area (Å²) in [6.45, 7) is 0. The predicted molar refractivity (Wildman–Crippen MR) is 95.9 cm³/mol. The van der Waals surface area contributed by atoms with E-state index in [2.05, 4.69) is 28.3 Å². The van der Waals surface area contributed by atoms with Crippen LogP contribution in [0.25, 0.3) is 17.8 Å². The molecule has 0 unspecified atom stereocenters. The van der Waals surface area contributed by atoms with Gasteiger partial charge in [0.1, 0.15) is 6.10 Å². The van der Waals surface area contributed by atoms with Gasteiger partial charge < -0.3 is 4.74 Å². The van der Waals surface area contributed by atoms with Crippen molar-refractivity contribution in [1.29, 1.82) is 0 Å². The molecule has 2 aromatic heterocycles. The lowest BCUT2D eigenvalue weighted by atomic mass is 9.98. The maximum Gasteiger partial charge on any atom is 0.232 e. The van der Waals surface area contributed by atoms with E-state index in [9.17, 15) is 0 Å². The Hall–Kier alpha value is -2.62. The fourth-order valence-corrected chi connectivity index (χ4v) is 3.15. The van der Waals surface area contributed by atoms with Crippen LogP contribution in [-0.4, -0.2) is 20.7 Å². The normalized spacial score (nSPS) is 16.0. The van der Waals surface area contributed by atoms with Gasteiger partial charge in [0.2, 0.25) is 5.88 Å². The summed E-state index contributed by atoms with van der Waals surface area (Å²) in [4.78, 5) is 4.41. The van der Waals surface area contributed by atoms with Gasteiger partial charge in [-0.2, -0.15) is 0 Å². The van der Waals surface area contributed by atoms with Crippen LogP contribution in [0.5, 0.6) is 5.88 Å². The highest BCUT2D eigenvalue weighted by Crippen LogP contribution is 2.22. The SMILES string of the molecule is C(=Cc1cnc2ccc(OC3CCCCC3)nn12)c1ccccc1. The molecule has 1 aliphatic rings. The fourth-order valence-electron chi connectivity index (χ4n) is 3.15. The molecular weight excluding hydrogens is 298 g/mol. The Labute approximate surface area is 141 Å². The second-order valence-electron chi connectivity index (χ2n) is 6.25. The highest BCUT2D eigenvalue weighted by atomic mass is 16.5. The zero-order valence-corrected chi connectivity index (χ0v) is 13.6. The van der Waals surface area contributed by atoms with Gasteiger partial charge in [-0.1, -0.05) is 42.8 Å². The number of nitrogens with zero attached hydrogens (tertiary/aromatic N) is 3. The average molecular weight is 319 g/mol. The highest BCUT2D eigenvalue weighted by molar-refractivity contribution is 5.69. The van der Waals surface area contributed by atoms with Gasteiger partial charge in [0, 0.05) is 6.07 Å². The first-order valence-electron chi connectivity index (χ1n) is 8.63. The Morgan fingerprint density at radius 1 is 0.958 bits per heavy atom. The van der Waals surface area contributed by atoms with E-state index in [4.69, 9.17) is 4.74 Å². The topological polar surface area (TPSA) is 39.4 Å². The number of rotatable bonds is 4. The summed E-state index contributed by atoms with van der Waals surface area (Å²) >= 11 is 0. The minimum absolute atomic E-state index is 0.301. The van der Waals surface area contributed by atoms with Crippen LogP contribution in [0.3, 0.4) is 0 Å². The van der Waals surface area contributed by atoms with E-state index < -0.39 is 0 Å². The molecule has 0 N–H and O–H groups in total. The zero-order valence-electron chi connectivity index (χ0n) is 13.6. The Morgan fingerprint density at radius 3 is 2.62 bits per heavy atom. The molecule has 0 amide bonds. The third-order valence-electron chi connectivity index (χ3n) is 4.45. The minimum atomic E-state index is 0.301. The van der Waals surface area contributed by atoms with E-state index in [1.165, 1.54) is 19.3 Å². The van der Waals surface area contributed by atoms with Crippen molar-refractivity contribution < 1.29 is 4.74 Å². The number of hydrogen-bond donors (Lipinski definition) is 0. The van der Waals surface area contributed by atoms with Gasteiger partial charge in [-0.05, 0) is 43.4 Å². The van der Waals surface area contributed by atoms with E-state index in [0.717, 1.165) is 29.7 Å². The average Bonchev–Trinajstić information content (AvgIpc) is 3.04. The van der Waals surface area contributed by atoms with Crippen molar-refractivity contribution in [3.8, 4) is 5.88 Å². The van der Waals surface area contributed by atoms with Crippen LogP contribution in [0.4, 0.5) is 0 Å². The molecule has 3 aromatic rings. The Balaban J connectivity index is 1.57. The first-order chi connectivity index (χ1) is 11.9. The minimum Gasteiger partial charge on any atom is -0.473 e. The molecular formula is C20H21N3O. The lowest BCUT2D eigenvalue weighted by Gasteiger charge is -2.22. The molecule has 4 nitrogen and oxygen atoms in total. The summed E-state index contributed by atoms with van der Waals surface area (Å²) in [5, 5.41) is 4.62. The first-order valence-corrected chi connectivity index (χ1v) is 8.63. The van der Waals surface area contributed by atoms with E-state index in [-0.39, 0.29) is 0 Å². The molecule has 1 aromatic carbocycles. The Morgan fingerprint density at radius 2 is 1.79 bits per heavy atom. The number of benzene rings is 1. The van der Waals surface area contributed by atoms with Crippen molar-refractivity contribution >= 4 is 17.8 Å². The molecule has 4 rings (SSSR count). The van der Waals surface area contributed by atoms with Crippen molar-refractivity contribution in [3.63, 3.8) is 0 Å². The summed E-state index contributed by atoms with van der Waals surface area (Å²) < 4.78 is 7.91. The molecule has 0 bridgehead atoms. The number of aromatic nitrogens is 3. The second-order valence-corrected chi connectivity index (χ2v) is 6.25. The van der Waals surface area contributed by atoms with Crippen LogP contribution in [0.15, 0.2) is 48.7 Å². The molecule has 0 radical (unpaired) electrons. The quantitative estimate of drug-likeness (QED) is 0.705. The summed E-state index contributed by atoms with van der Waals surface area (Å²) in [7, 11) is 0. The molecule has 0 saturated heterocycles. The van der Waals surface area contributed by atoms with E-state index in [0.29, 0.717) is 12.0 Å². The van der Waals surface area contributed by atoms with Crippen LogP contribution in [0.1, 0.15) is 43.4 Å². The summed E-state index contributed by atoms with van der Waals surface area (Å²) in [6.07, 6.45) is 12.3. The van der Waals surface area contributed by atoms with E-state index in [1.54, 1.807) is 0 Å². The third-order valence-corrected chi connectivity index (χ3v) is 4.45. The van der Waals surface area contributed by atoms with Gasteiger partial charge in [0.05, 0.1) is 11.9 Å². The molecule has 2 heterocycles. The Bertz CT molecular complexity index is 832. The van der Waals surface area contributed by atoms with E-state index in [1.807, 2.05) is 47.1 Å². The van der Waals surface area contributed by atoms with Gasteiger partial charge in [-0.3, -0.25) is 0 Å². The van der Waals surface area contributed by atoms with Crippen molar-refractivity contribution in [2.45, 2.75) is 38.2 Å². The van der Waals surface area contributed by atoms with Gasteiger partial charge in [-0.25, -0.2) is 9.50 Å². The molecule has 122 valence electrons. The predicted octanol–water partition coefficient (Wildman–Crippen LogP) is 4.61. The molecule has 1 fully saturated rings. The third kappa shape index (κ3) is 3.32. The number of hydrogen-bond acceptors (Lipinski definition) is 3. The molecule has 24 heavy (non-hydrogen) atoms. The summed E-state index contributed by atoms with van der Waals surface area (Å²) in [6, 6.07) is 14.1. The lowest BCUT2D eigenvalue weighted by Crippen LogP contribution is -2.20. The van der Waals surface area contributed by atoms with Crippen molar-refractivity contribution in [3.05, 3.63) is 59.9 Å². The van der Waals surface area contributed by atoms with Gasteiger partial charge in [0.25, 0.3) is 0 Å². The largest absolute Gasteiger partial charge is 0.473 e. The lowest BCUT2D eigenvalue weighted by molar-refractivity contribution is 0.146. The summed E-state index contributed by atoms with van der Waals surface area (Å²) in [5.74, 6) is 0.682. The number of imidazole rings is 1. The maximum absolute atomic E-state index is 6.07. The van der Waals surface area contributed by atoms with E-state index >= 15 is 0 Å². The van der Waals surface area contributed by atoms with Gasteiger partial charge >= 0.3 is 0 Å². The smallest absolute Gasteiger partial charge is 0.232 e. The van der Waals surface area contributed by atoms with Crippen LogP contribution in [0.2, 0.25) is 0 Å². The molecule has 1 aliphatic carbocycles. The maximum atomic E-state index is 6.07. The number of ether oxygens (including phenoxy) is 1. The fraction of sp³-hybridized carbons (Fsp3) is 0.300. The second kappa shape index (κ2) is 6.87. The molecule has 0 atom stereocenters. The van der Waals surface area contributed by atoms with Crippen LogP contribution in [0, 0.1) is 0 Å². The van der Waals surface area contributed by atoms with Gasteiger partial charge in [-0.15, -0.1) is 5.10 Å². The number of fused-ring (bicyclic) bond motifs is 1. The first kappa shape index (κ1) is 14.9. The standard InChI is InChI=1S/C20H21N3O/c1-3-7-16(8-4-1)11-12-17-15-21-19-13-14-20(22-23(17)19)24-18-9-5-2-6-10-18/h1,3-4,7-8,11-15,18H,2,5-6,9-10H2. The van der Waals surface area contributed by atoms with Crippen LogP contribution >= 0.6 is 0 Å². The summed E-state index contributed by atoms with van der Waals surface area (Å²) in [5.41, 5.74) is 2.93. The molecule has 1 saturated carbocycles. The van der Waals surface area contributed by atoms with Crippen molar-refractivity contribution in [2.24, 2.45) is 0 Å². The van der Waals surface area contributed by atoms with Crippen LogP contribution < -0.4 is 4.74 Å². The van der Waals surface area contributed by atoms with Crippen molar-refractivity contribution in [2.75, 3.05) is 0 Å².